The monoisotopic (exact) mass is 448 g/mol. The van der Waals surface area contributed by atoms with Crippen LogP contribution in [0.5, 0.6) is 11.5 Å². The van der Waals surface area contributed by atoms with Crippen LogP contribution in [0.2, 0.25) is 0 Å². The SMILES string of the molecule is COc1ccc(CC(CCCOB(O)OP(C)(C)(C)C)Cc2ccc(OC)cc2)cc1. The molecular formula is C24H38BO5P. The Morgan fingerprint density at radius 3 is 1.65 bits per heavy atom. The quantitative estimate of drug-likeness (QED) is 0.269. The van der Waals surface area contributed by atoms with Gasteiger partial charge in [-0.05, 0) is 0 Å². The molecular weight excluding hydrogens is 410 g/mol. The van der Waals surface area contributed by atoms with Crippen molar-refractivity contribution in [1.29, 1.82) is 0 Å². The molecule has 0 amide bonds. The zero-order valence-electron chi connectivity index (χ0n) is 19.8. The van der Waals surface area contributed by atoms with Crippen LogP contribution in [0.15, 0.2) is 48.5 Å². The molecule has 0 fully saturated rings. The van der Waals surface area contributed by atoms with Gasteiger partial charge < -0.3 is 9.47 Å². The molecule has 2 rings (SSSR count). The molecule has 0 saturated carbocycles. The molecule has 0 unspecified atom stereocenters. The molecule has 2 aromatic carbocycles. The Bertz CT molecular complexity index is 728. The van der Waals surface area contributed by atoms with E-state index < -0.39 is 14.2 Å². The third-order valence-electron chi connectivity index (χ3n) is 4.90. The molecule has 0 radical (unpaired) electrons. The van der Waals surface area contributed by atoms with Crippen LogP contribution in [-0.2, 0) is 21.9 Å². The van der Waals surface area contributed by atoms with Gasteiger partial charge in [0.15, 0.2) is 0 Å². The summed E-state index contributed by atoms with van der Waals surface area (Å²) in [6, 6.07) is 16.5. The Hall–Kier alpha value is -1.59. The first-order valence-corrected chi connectivity index (χ1v) is 14.7. The fourth-order valence-corrected chi connectivity index (χ4v) is 4.20. The predicted molar refractivity (Wildman–Crippen MR) is 132 cm³/mol. The maximum atomic E-state index is 10.0. The Morgan fingerprint density at radius 1 is 0.806 bits per heavy atom. The number of benzene rings is 2. The molecule has 0 saturated heterocycles. The summed E-state index contributed by atoms with van der Waals surface area (Å²) in [5.41, 5.74) is 2.57. The van der Waals surface area contributed by atoms with Crippen LogP contribution in [0.4, 0.5) is 0 Å². The van der Waals surface area contributed by atoms with Crippen molar-refractivity contribution in [2.75, 3.05) is 47.5 Å². The van der Waals surface area contributed by atoms with Crippen molar-refractivity contribution >= 4 is 14.2 Å². The summed E-state index contributed by atoms with van der Waals surface area (Å²) in [5, 5.41) is 10.0. The van der Waals surface area contributed by atoms with Gasteiger partial charge in [0.1, 0.15) is 0 Å². The molecule has 172 valence electrons. The van der Waals surface area contributed by atoms with Gasteiger partial charge in [0.25, 0.3) is 0 Å². The van der Waals surface area contributed by atoms with Gasteiger partial charge in [0.05, 0.1) is 14.2 Å². The second kappa shape index (κ2) is 11.3. The molecule has 0 bridgehead atoms. The molecule has 0 atom stereocenters. The van der Waals surface area contributed by atoms with Gasteiger partial charge in [-0.3, -0.25) is 0 Å². The van der Waals surface area contributed by atoms with Crippen LogP contribution in [-0.4, -0.2) is 59.8 Å². The summed E-state index contributed by atoms with van der Waals surface area (Å²) in [4.78, 5) is 0. The summed E-state index contributed by atoms with van der Waals surface area (Å²) in [6.45, 7) is 6.35. The van der Waals surface area contributed by atoms with E-state index in [1.165, 1.54) is 11.1 Å². The first kappa shape index (κ1) is 25.7. The molecule has 31 heavy (non-hydrogen) atoms. The second-order valence-corrected chi connectivity index (χ2v) is 16.8. The van der Waals surface area contributed by atoms with Crippen LogP contribution >= 0.6 is 6.83 Å². The molecule has 0 aromatic heterocycles. The molecule has 0 aliphatic rings. The second-order valence-electron chi connectivity index (χ2n) is 9.81. The zero-order chi connectivity index (χ0) is 22.9. The number of ether oxygens (including phenoxy) is 2. The molecule has 0 aliphatic carbocycles. The van der Waals surface area contributed by atoms with Crippen molar-refractivity contribution in [2.45, 2.75) is 25.7 Å². The van der Waals surface area contributed by atoms with Gasteiger partial charge in [-0.25, -0.2) is 0 Å². The number of hydrogen-bond donors (Lipinski definition) is 1. The van der Waals surface area contributed by atoms with Gasteiger partial charge in [0, 0.05) is 0 Å². The Balaban J connectivity index is 1.94. The van der Waals surface area contributed by atoms with E-state index >= 15 is 0 Å². The van der Waals surface area contributed by atoms with E-state index in [0.29, 0.717) is 12.5 Å². The molecule has 0 aliphatic heterocycles. The van der Waals surface area contributed by atoms with E-state index in [1.54, 1.807) is 14.2 Å². The standard InChI is InChI=1S/C24H38BO5P/c1-27-23-13-9-20(10-14-23)18-22(19-21-11-15-24(28-2)16-12-21)8-7-17-29-25(26)30-31(3,4,5)6/h9-16,22,26H,7-8,17-19H2,1-6H3. The summed E-state index contributed by atoms with van der Waals surface area (Å²) in [6.07, 6.45) is 3.79. The van der Waals surface area contributed by atoms with Crippen LogP contribution in [0, 0.1) is 5.92 Å². The van der Waals surface area contributed by atoms with Crippen molar-refractivity contribution in [3.8, 4) is 11.5 Å². The van der Waals surface area contributed by atoms with Crippen LogP contribution in [0.3, 0.4) is 0 Å². The molecule has 5 nitrogen and oxygen atoms in total. The van der Waals surface area contributed by atoms with Crippen LogP contribution < -0.4 is 9.47 Å². The normalized spacial score (nSPS) is 13.0. The Kier molecular flexibility index (Phi) is 9.38. The van der Waals surface area contributed by atoms with Crippen molar-refractivity contribution in [3.63, 3.8) is 0 Å². The average Bonchev–Trinajstić information content (AvgIpc) is 2.70. The van der Waals surface area contributed by atoms with Crippen molar-refractivity contribution in [1.82, 2.24) is 0 Å². The van der Waals surface area contributed by atoms with E-state index in [9.17, 15) is 5.02 Å². The summed E-state index contributed by atoms with van der Waals surface area (Å²) >= 11 is 0. The Morgan fingerprint density at radius 2 is 1.26 bits per heavy atom. The van der Waals surface area contributed by atoms with E-state index in [4.69, 9.17) is 18.6 Å². The van der Waals surface area contributed by atoms with E-state index in [1.807, 2.05) is 50.9 Å². The third-order valence-corrected chi connectivity index (χ3v) is 5.92. The average molecular weight is 448 g/mol. The summed E-state index contributed by atoms with van der Waals surface area (Å²) < 4.78 is 21.8. The predicted octanol–water partition coefficient (Wildman–Crippen LogP) is 4.88. The van der Waals surface area contributed by atoms with Gasteiger partial charge in [0.2, 0.25) is 0 Å². The maximum absolute atomic E-state index is 10.0. The number of hydrogen-bond acceptors (Lipinski definition) is 5. The first-order chi connectivity index (χ1) is 14.5. The number of rotatable bonds is 13. The van der Waals surface area contributed by atoms with E-state index in [0.717, 1.165) is 37.2 Å². The Labute approximate surface area is 188 Å². The molecule has 7 heteroatoms. The van der Waals surface area contributed by atoms with Gasteiger partial charge in [-0.1, -0.05) is 0 Å². The first-order valence-electron chi connectivity index (χ1n) is 10.8. The van der Waals surface area contributed by atoms with Gasteiger partial charge in [-0.15, -0.1) is 0 Å². The van der Waals surface area contributed by atoms with E-state index in [-0.39, 0.29) is 0 Å². The molecule has 0 heterocycles. The number of methoxy groups -OCH3 is 2. The fraction of sp³-hybridized carbons (Fsp3) is 0.500. The van der Waals surface area contributed by atoms with Crippen LogP contribution in [0.25, 0.3) is 0 Å². The van der Waals surface area contributed by atoms with E-state index in [2.05, 4.69) is 24.3 Å². The molecule has 0 spiro atoms. The van der Waals surface area contributed by atoms with Gasteiger partial charge >= 0.3 is 164 Å². The van der Waals surface area contributed by atoms with Crippen molar-refractivity contribution < 1.29 is 23.6 Å². The minimum atomic E-state index is -2.28. The van der Waals surface area contributed by atoms with Crippen molar-refractivity contribution in [3.05, 3.63) is 59.7 Å². The topological polar surface area (TPSA) is 57.2 Å². The zero-order valence-corrected chi connectivity index (χ0v) is 20.7. The minimum absolute atomic E-state index is 0.456. The fourth-order valence-electron chi connectivity index (χ4n) is 3.41. The summed E-state index contributed by atoms with van der Waals surface area (Å²) in [7, 11) is 2.20. The van der Waals surface area contributed by atoms with Gasteiger partial charge in [-0.2, -0.15) is 0 Å². The third kappa shape index (κ3) is 10.5. The molecule has 1 N–H and O–H groups in total. The van der Waals surface area contributed by atoms with Crippen LogP contribution in [0.1, 0.15) is 24.0 Å². The summed E-state index contributed by atoms with van der Waals surface area (Å²) in [5.74, 6) is 2.19. The van der Waals surface area contributed by atoms with Crippen molar-refractivity contribution in [2.24, 2.45) is 5.92 Å². The molecule has 2 aromatic rings.